The molecule has 0 aliphatic carbocycles. The number of aliphatic carboxylic acids is 1. The van der Waals surface area contributed by atoms with Gasteiger partial charge in [0.05, 0.1) is 23.5 Å². The number of carboxylic acids is 1. The van der Waals surface area contributed by atoms with Crippen LogP contribution in [-0.4, -0.2) is 27.6 Å². The number of carbonyl (C=O) groups is 1. The summed E-state index contributed by atoms with van der Waals surface area (Å²) >= 11 is 0. The molecule has 5 nitrogen and oxygen atoms in total. The monoisotopic (exact) mass is 265 g/mol. The van der Waals surface area contributed by atoms with Gasteiger partial charge in [-0.3, -0.25) is 9.78 Å². The molecule has 0 amide bonds. The summed E-state index contributed by atoms with van der Waals surface area (Å²) in [6.07, 6.45) is 2.26. The fraction of sp³-hybridized carbons (Fsp3) is 0.643. The van der Waals surface area contributed by atoms with E-state index >= 15 is 0 Å². The summed E-state index contributed by atoms with van der Waals surface area (Å²) in [5.41, 5.74) is 1.72. The molecule has 0 radical (unpaired) electrons. The molecule has 0 saturated carbocycles. The lowest BCUT2D eigenvalue weighted by Gasteiger charge is -2.23. The Bertz CT molecular complexity index is 452. The van der Waals surface area contributed by atoms with Crippen LogP contribution in [-0.2, 0) is 4.79 Å². The van der Waals surface area contributed by atoms with Gasteiger partial charge in [0.15, 0.2) is 0 Å². The van der Waals surface area contributed by atoms with Crippen LogP contribution < -0.4 is 5.32 Å². The fourth-order valence-corrected chi connectivity index (χ4v) is 1.84. The number of hydrogen-bond donors (Lipinski definition) is 2. The van der Waals surface area contributed by atoms with Crippen molar-refractivity contribution < 1.29 is 9.90 Å². The molecule has 0 fully saturated rings. The lowest BCUT2D eigenvalue weighted by Crippen LogP contribution is -2.27. The third kappa shape index (κ3) is 5.24. The summed E-state index contributed by atoms with van der Waals surface area (Å²) in [6.45, 7) is 10.3. The SMILES string of the molecule is Cc1ncc(NCC(CC(C)(C)C)C(=O)O)nc1C. The fourth-order valence-electron chi connectivity index (χ4n) is 1.84. The molecule has 2 N–H and O–H groups in total. The van der Waals surface area contributed by atoms with Crippen LogP contribution in [0.4, 0.5) is 5.82 Å². The molecule has 0 aliphatic rings. The van der Waals surface area contributed by atoms with Gasteiger partial charge in [-0.1, -0.05) is 20.8 Å². The number of aryl methyl sites for hydroxylation is 2. The smallest absolute Gasteiger partial charge is 0.308 e. The maximum atomic E-state index is 11.2. The Hall–Kier alpha value is -1.65. The summed E-state index contributed by atoms with van der Waals surface area (Å²) in [5.74, 6) is -0.578. The molecule has 1 rings (SSSR count). The number of aromatic nitrogens is 2. The Morgan fingerprint density at radius 3 is 2.47 bits per heavy atom. The van der Waals surface area contributed by atoms with E-state index in [2.05, 4.69) is 15.3 Å². The van der Waals surface area contributed by atoms with Crippen molar-refractivity contribution in [3.63, 3.8) is 0 Å². The molecular weight excluding hydrogens is 242 g/mol. The molecule has 0 saturated heterocycles. The predicted octanol–water partition coefficient (Wildman–Crippen LogP) is 2.64. The number of hydrogen-bond acceptors (Lipinski definition) is 4. The third-order valence-corrected chi connectivity index (χ3v) is 2.93. The molecule has 5 heteroatoms. The lowest BCUT2D eigenvalue weighted by atomic mass is 9.84. The topological polar surface area (TPSA) is 75.1 Å². The Morgan fingerprint density at radius 2 is 2.00 bits per heavy atom. The number of nitrogens with zero attached hydrogens (tertiary/aromatic N) is 2. The van der Waals surface area contributed by atoms with Crippen molar-refractivity contribution in [1.29, 1.82) is 0 Å². The maximum Gasteiger partial charge on any atom is 0.308 e. The van der Waals surface area contributed by atoms with Gasteiger partial charge in [0, 0.05) is 6.54 Å². The van der Waals surface area contributed by atoms with Crippen molar-refractivity contribution in [1.82, 2.24) is 9.97 Å². The zero-order chi connectivity index (χ0) is 14.6. The Morgan fingerprint density at radius 1 is 1.37 bits per heavy atom. The second kappa shape index (κ2) is 5.99. The molecule has 0 aliphatic heterocycles. The van der Waals surface area contributed by atoms with Crippen molar-refractivity contribution in [2.24, 2.45) is 11.3 Å². The van der Waals surface area contributed by atoms with Gasteiger partial charge in [-0.15, -0.1) is 0 Å². The quantitative estimate of drug-likeness (QED) is 0.856. The van der Waals surface area contributed by atoms with E-state index in [1.807, 2.05) is 34.6 Å². The first-order chi connectivity index (χ1) is 8.69. The highest BCUT2D eigenvalue weighted by Gasteiger charge is 2.24. The molecule has 1 heterocycles. The largest absolute Gasteiger partial charge is 0.481 e. The zero-order valence-corrected chi connectivity index (χ0v) is 12.3. The van der Waals surface area contributed by atoms with E-state index in [4.69, 9.17) is 0 Å². The third-order valence-electron chi connectivity index (χ3n) is 2.93. The number of carboxylic acid groups (broad SMARTS) is 1. The minimum atomic E-state index is -0.779. The van der Waals surface area contributed by atoms with E-state index < -0.39 is 11.9 Å². The minimum Gasteiger partial charge on any atom is -0.481 e. The van der Waals surface area contributed by atoms with Gasteiger partial charge in [-0.2, -0.15) is 0 Å². The van der Waals surface area contributed by atoms with Crippen LogP contribution in [0, 0.1) is 25.2 Å². The standard InChI is InChI=1S/C14H23N3O2/c1-9-10(2)17-12(8-15-9)16-7-11(13(18)19)6-14(3,4)5/h8,11H,6-7H2,1-5H3,(H,16,17)(H,18,19). The summed E-state index contributed by atoms with van der Waals surface area (Å²) in [7, 11) is 0. The van der Waals surface area contributed by atoms with Crippen LogP contribution in [0.2, 0.25) is 0 Å². The highest BCUT2D eigenvalue weighted by Crippen LogP contribution is 2.24. The van der Waals surface area contributed by atoms with E-state index in [1.54, 1.807) is 6.20 Å². The van der Waals surface area contributed by atoms with E-state index in [-0.39, 0.29) is 5.41 Å². The zero-order valence-electron chi connectivity index (χ0n) is 12.3. The first-order valence-corrected chi connectivity index (χ1v) is 6.46. The first kappa shape index (κ1) is 15.4. The molecule has 1 unspecified atom stereocenters. The average molecular weight is 265 g/mol. The lowest BCUT2D eigenvalue weighted by molar-refractivity contribution is -0.142. The number of nitrogens with one attached hydrogen (secondary N) is 1. The van der Waals surface area contributed by atoms with Crippen LogP contribution in [0.1, 0.15) is 38.6 Å². The molecule has 0 aromatic carbocycles. The molecule has 1 atom stereocenters. The van der Waals surface area contributed by atoms with E-state index in [0.29, 0.717) is 18.8 Å². The van der Waals surface area contributed by atoms with Crippen molar-refractivity contribution in [2.45, 2.75) is 41.0 Å². The molecule has 1 aromatic heterocycles. The second-order valence-corrected chi connectivity index (χ2v) is 6.11. The van der Waals surface area contributed by atoms with Gasteiger partial charge < -0.3 is 10.4 Å². The first-order valence-electron chi connectivity index (χ1n) is 6.46. The number of anilines is 1. The van der Waals surface area contributed by atoms with Crippen molar-refractivity contribution >= 4 is 11.8 Å². The predicted molar refractivity (Wildman–Crippen MR) is 75.2 cm³/mol. The molecule has 1 aromatic rings. The molecule has 106 valence electrons. The van der Waals surface area contributed by atoms with Gasteiger partial charge in [0.1, 0.15) is 5.82 Å². The molecular formula is C14H23N3O2. The summed E-state index contributed by atoms with van der Waals surface area (Å²) < 4.78 is 0. The molecule has 0 spiro atoms. The Labute approximate surface area is 114 Å². The van der Waals surface area contributed by atoms with Crippen molar-refractivity contribution in [3.8, 4) is 0 Å². The highest BCUT2D eigenvalue weighted by atomic mass is 16.4. The maximum absolute atomic E-state index is 11.2. The van der Waals surface area contributed by atoms with Gasteiger partial charge in [-0.25, -0.2) is 4.98 Å². The van der Waals surface area contributed by atoms with Crippen LogP contribution >= 0.6 is 0 Å². The van der Waals surface area contributed by atoms with Gasteiger partial charge in [-0.05, 0) is 25.7 Å². The van der Waals surface area contributed by atoms with Crippen molar-refractivity contribution in [2.75, 3.05) is 11.9 Å². The Kier molecular flexibility index (Phi) is 4.86. The second-order valence-electron chi connectivity index (χ2n) is 6.11. The minimum absolute atomic E-state index is 0.0143. The normalized spacial score (nSPS) is 13.1. The van der Waals surface area contributed by atoms with Crippen LogP contribution in [0.3, 0.4) is 0 Å². The van der Waals surface area contributed by atoms with Crippen LogP contribution in [0.5, 0.6) is 0 Å². The highest BCUT2D eigenvalue weighted by molar-refractivity contribution is 5.70. The average Bonchev–Trinajstić information content (AvgIpc) is 2.27. The Balaban J connectivity index is 2.66. The van der Waals surface area contributed by atoms with Gasteiger partial charge in [0.25, 0.3) is 0 Å². The number of rotatable bonds is 5. The summed E-state index contributed by atoms with van der Waals surface area (Å²) in [5, 5.41) is 12.3. The van der Waals surface area contributed by atoms with Crippen molar-refractivity contribution in [3.05, 3.63) is 17.6 Å². The van der Waals surface area contributed by atoms with E-state index in [1.165, 1.54) is 0 Å². The summed E-state index contributed by atoms with van der Waals surface area (Å²) in [4.78, 5) is 19.8. The van der Waals surface area contributed by atoms with Crippen LogP contribution in [0.25, 0.3) is 0 Å². The van der Waals surface area contributed by atoms with E-state index in [0.717, 1.165) is 11.4 Å². The van der Waals surface area contributed by atoms with Crippen LogP contribution in [0.15, 0.2) is 6.20 Å². The van der Waals surface area contributed by atoms with Gasteiger partial charge >= 0.3 is 5.97 Å². The van der Waals surface area contributed by atoms with E-state index in [9.17, 15) is 9.90 Å². The van der Waals surface area contributed by atoms with Gasteiger partial charge in [0.2, 0.25) is 0 Å². The molecule has 19 heavy (non-hydrogen) atoms. The molecule has 0 bridgehead atoms. The summed E-state index contributed by atoms with van der Waals surface area (Å²) in [6, 6.07) is 0.